The number of carbonyl (C=O) groups is 2. The summed E-state index contributed by atoms with van der Waals surface area (Å²) in [6.45, 7) is 2.19. The first-order valence-electron chi connectivity index (χ1n) is 7.62. The molecule has 1 aromatic rings. The third-order valence-corrected chi connectivity index (χ3v) is 4.22. The van der Waals surface area contributed by atoms with E-state index >= 15 is 0 Å². The standard InChI is InChI=1S/C17H23NO3/c1-2-6-14(15(19)20)12-18-16(21)17(9-10-17)11-13-7-4-3-5-8-13/h3-5,7-8,14H,2,6,9-12H2,1H3,(H,18,21)(H,19,20). The van der Waals surface area contributed by atoms with Gasteiger partial charge in [0.25, 0.3) is 0 Å². The van der Waals surface area contributed by atoms with Gasteiger partial charge in [-0.2, -0.15) is 0 Å². The van der Waals surface area contributed by atoms with Crippen LogP contribution in [0.3, 0.4) is 0 Å². The van der Waals surface area contributed by atoms with E-state index in [4.69, 9.17) is 5.11 Å². The van der Waals surface area contributed by atoms with E-state index in [1.165, 1.54) is 0 Å². The quantitative estimate of drug-likeness (QED) is 0.773. The number of rotatable bonds is 8. The molecular formula is C17H23NO3. The fourth-order valence-corrected chi connectivity index (χ4v) is 2.69. The molecule has 0 heterocycles. The van der Waals surface area contributed by atoms with Crippen LogP contribution in [0.5, 0.6) is 0 Å². The van der Waals surface area contributed by atoms with E-state index in [1.54, 1.807) is 0 Å². The molecule has 114 valence electrons. The number of hydrogen-bond acceptors (Lipinski definition) is 2. The molecule has 0 saturated heterocycles. The van der Waals surface area contributed by atoms with Crippen molar-refractivity contribution in [2.75, 3.05) is 6.54 Å². The number of benzene rings is 1. The van der Waals surface area contributed by atoms with Gasteiger partial charge in [-0.1, -0.05) is 43.7 Å². The normalized spacial score (nSPS) is 17.0. The Labute approximate surface area is 125 Å². The summed E-state index contributed by atoms with van der Waals surface area (Å²) in [7, 11) is 0. The van der Waals surface area contributed by atoms with Crippen molar-refractivity contribution in [3.8, 4) is 0 Å². The molecule has 1 fully saturated rings. The van der Waals surface area contributed by atoms with Gasteiger partial charge in [0.2, 0.25) is 5.91 Å². The Hall–Kier alpha value is -1.84. The molecule has 21 heavy (non-hydrogen) atoms. The van der Waals surface area contributed by atoms with Gasteiger partial charge in [-0.15, -0.1) is 0 Å². The van der Waals surface area contributed by atoms with Crippen LogP contribution >= 0.6 is 0 Å². The van der Waals surface area contributed by atoms with Crippen molar-refractivity contribution in [3.05, 3.63) is 35.9 Å². The summed E-state index contributed by atoms with van der Waals surface area (Å²) >= 11 is 0. The Kier molecular flexibility index (Phi) is 4.99. The number of aliphatic carboxylic acids is 1. The van der Waals surface area contributed by atoms with Crippen LogP contribution < -0.4 is 5.32 Å². The predicted molar refractivity (Wildman–Crippen MR) is 80.9 cm³/mol. The zero-order valence-electron chi connectivity index (χ0n) is 12.5. The van der Waals surface area contributed by atoms with E-state index in [1.807, 2.05) is 37.3 Å². The third kappa shape index (κ3) is 4.06. The van der Waals surface area contributed by atoms with Gasteiger partial charge in [0.1, 0.15) is 0 Å². The minimum absolute atomic E-state index is 0.00806. The summed E-state index contributed by atoms with van der Waals surface area (Å²) < 4.78 is 0. The topological polar surface area (TPSA) is 66.4 Å². The summed E-state index contributed by atoms with van der Waals surface area (Å²) in [5, 5.41) is 12.0. The lowest BCUT2D eigenvalue weighted by atomic mass is 9.95. The fraction of sp³-hybridized carbons (Fsp3) is 0.529. The summed E-state index contributed by atoms with van der Waals surface area (Å²) in [5.41, 5.74) is 0.852. The SMILES string of the molecule is CCCC(CNC(=O)C1(Cc2ccccc2)CC1)C(=O)O. The first-order valence-corrected chi connectivity index (χ1v) is 7.62. The Morgan fingerprint density at radius 1 is 1.29 bits per heavy atom. The summed E-state index contributed by atoms with van der Waals surface area (Å²) in [5.74, 6) is -1.30. The molecule has 1 unspecified atom stereocenters. The van der Waals surface area contributed by atoms with E-state index in [-0.39, 0.29) is 17.9 Å². The third-order valence-electron chi connectivity index (χ3n) is 4.22. The monoisotopic (exact) mass is 289 g/mol. The molecule has 1 aliphatic rings. The molecule has 1 saturated carbocycles. The lowest BCUT2D eigenvalue weighted by molar-refractivity contribution is -0.142. The minimum Gasteiger partial charge on any atom is -0.481 e. The molecule has 2 N–H and O–H groups in total. The van der Waals surface area contributed by atoms with Crippen molar-refractivity contribution in [2.45, 2.75) is 39.0 Å². The van der Waals surface area contributed by atoms with Gasteiger partial charge in [0.05, 0.1) is 11.3 Å². The van der Waals surface area contributed by atoms with Gasteiger partial charge in [-0.25, -0.2) is 0 Å². The number of amides is 1. The summed E-state index contributed by atoms with van der Waals surface area (Å²) in [6, 6.07) is 9.98. The van der Waals surface area contributed by atoms with Crippen molar-refractivity contribution < 1.29 is 14.7 Å². The molecule has 0 aliphatic heterocycles. The maximum Gasteiger partial charge on any atom is 0.308 e. The van der Waals surface area contributed by atoms with Gasteiger partial charge in [0, 0.05) is 6.54 Å². The fourth-order valence-electron chi connectivity index (χ4n) is 2.69. The maximum atomic E-state index is 12.4. The molecule has 2 rings (SSSR count). The average Bonchev–Trinajstić information content (AvgIpc) is 3.24. The zero-order valence-corrected chi connectivity index (χ0v) is 12.5. The van der Waals surface area contributed by atoms with Crippen LogP contribution in [0.2, 0.25) is 0 Å². The van der Waals surface area contributed by atoms with Crippen LogP contribution in [0, 0.1) is 11.3 Å². The van der Waals surface area contributed by atoms with E-state index in [0.29, 0.717) is 6.42 Å². The van der Waals surface area contributed by atoms with Crippen LogP contribution in [0.25, 0.3) is 0 Å². The number of carboxylic acids is 1. The van der Waals surface area contributed by atoms with E-state index in [0.717, 1.165) is 31.2 Å². The number of carbonyl (C=O) groups excluding carboxylic acids is 1. The van der Waals surface area contributed by atoms with Crippen LogP contribution in [-0.4, -0.2) is 23.5 Å². The Morgan fingerprint density at radius 3 is 2.48 bits per heavy atom. The highest BCUT2D eigenvalue weighted by atomic mass is 16.4. The number of nitrogens with one attached hydrogen (secondary N) is 1. The smallest absolute Gasteiger partial charge is 0.308 e. The molecule has 4 heteroatoms. The molecular weight excluding hydrogens is 266 g/mol. The largest absolute Gasteiger partial charge is 0.481 e. The van der Waals surface area contributed by atoms with Gasteiger partial charge >= 0.3 is 5.97 Å². The van der Waals surface area contributed by atoms with Gasteiger partial charge in [-0.3, -0.25) is 9.59 Å². The molecule has 4 nitrogen and oxygen atoms in total. The second-order valence-corrected chi connectivity index (χ2v) is 5.98. The predicted octanol–water partition coefficient (Wildman–Crippen LogP) is 2.63. The number of hydrogen-bond donors (Lipinski definition) is 2. The van der Waals surface area contributed by atoms with Gasteiger partial charge < -0.3 is 10.4 Å². The molecule has 1 atom stereocenters. The average molecular weight is 289 g/mol. The maximum absolute atomic E-state index is 12.4. The highest BCUT2D eigenvalue weighted by Crippen LogP contribution is 2.48. The minimum atomic E-state index is -0.829. The van der Waals surface area contributed by atoms with E-state index in [9.17, 15) is 9.59 Å². The first kappa shape index (κ1) is 15.5. The van der Waals surface area contributed by atoms with Crippen molar-refractivity contribution in [1.29, 1.82) is 0 Å². The Morgan fingerprint density at radius 2 is 1.95 bits per heavy atom. The van der Waals surface area contributed by atoms with Crippen molar-refractivity contribution in [3.63, 3.8) is 0 Å². The second kappa shape index (κ2) is 6.74. The first-order chi connectivity index (χ1) is 10.1. The highest BCUT2D eigenvalue weighted by Gasteiger charge is 2.49. The molecule has 1 aliphatic carbocycles. The number of carboxylic acid groups (broad SMARTS) is 1. The lowest BCUT2D eigenvalue weighted by Crippen LogP contribution is -2.38. The molecule has 0 radical (unpaired) electrons. The Balaban J connectivity index is 1.89. The summed E-state index contributed by atoms with van der Waals surface area (Å²) in [4.78, 5) is 23.5. The highest BCUT2D eigenvalue weighted by molar-refractivity contribution is 5.86. The van der Waals surface area contributed by atoms with Crippen molar-refractivity contribution >= 4 is 11.9 Å². The van der Waals surface area contributed by atoms with E-state index in [2.05, 4.69) is 5.32 Å². The van der Waals surface area contributed by atoms with Crippen LogP contribution in [0.1, 0.15) is 38.2 Å². The molecule has 0 bridgehead atoms. The molecule has 0 aromatic heterocycles. The van der Waals surface area contributed by atoms with Crippen molar-refractivity contribution in [2.24, 2.45) is 11.3 Å². The second-order valence-electron chi connectivity index (χ2n) is 5.98. The van der Waals surface area contributed by atoms with Gasteiger partial charge in [-0.05, 0) is 31.2 Å². The Bertz CT molecular complexity index is 494. The van der Waals surface area contributed by atoms with Crippen LogP contribution in [0.4, 0.5) is 0 Å². The molecule has 1 aromatic carbocycles. The lowest BCUT2D eigenvalue weighted by Gasteiger charge is -2.18. The zero-order chi connectivity index (χ0) is 15.3. The molecule has 1 amide bonds. The van der Waals surface area contributed by atoms with Crippen LogP contribution in [-0.2, 0) is 16.0 Å². The van der Waals surface area contributed by atoms with E-state index < -0.39 is 11.9 Å². The van der Waals surface area contributed by atoms with Crippen LogP contribution in [0.15, 0.2) is 30.3 Å². The van der Waals surface area contributed by atoms with Crippen molar-refractivity contribution in [1.82, 2.24) is 5.32 Å². The molecule has 0 spiro atoms. The summed E-state index contributed by atoms with van der Waals surface area (Å²) in [6.07, 6.45) is 3.92. The van der Waals surface area contributed by atoms with Gasteiger partial charge in [0.15, 0.2) is 0 Å².